The van der Waals surface area contributed by atoms with Gasteiger partial charge in [-0.3, -0.25) is 10.1 Å². The Bertz CT molecular complexity index is 689. The highest BCUT2D eigenvalue weighted by atomic mass is 32.1. The van der Waals surface area contributed by atoms with Crippen molar-refractivity contribution in [2.45, 2.75) is 6.92 Å². The van der Waals surface area contributed by atoms with Crippen molar-refractivity contribution in [3.8, 4) is 0 Å². The molecule has 0 aliphatic carbocycles. The quantitative estimate of drug-likeness (QED) is 0.512. The zero-order chi connectivity index (χ0) is 15.4. The SMILES string of the molecule is Cc1cc(F)ccc1NC(=S)Nc1ccc([N+](=O)[O-])cc1. The minimum atomic E-state index is -0.470. The molecule has 0 aromatic heterocycles. The first-order chi connectivity index (χ1) is 9.95. The maximum absolute atomic E-state index is 13.0. The van der Waals surface area contributed by atoms with Crippen LogP contribution in [0.15, 0.2) is 42.5 Å². The van der Waals surface area contributed by atoms with E-state index >= 15 is 0 Å². The fraction of sp³-hybridized carbons (Fsp3) is 0.0714. The molecular weight excluding hydrogens is 293 g/mol. The molecular formula is C14H12FN3O2S. The summed E-state index contributed by atoms with van der Waals surface area (Å²) in [7, 11) is 0. The number of benzene rings is 2. The maximum atomic E-state index is 13.0. The number of aryl methyl sites for hydroxylation is 1. The molecule has 7 heteroatoms. The molecule has 108 valence electrons. The standard InChI is InChI=1S/C14H12FN3O2S/c1-9-8-10(15)2-7-13(9)17-14(21)16-11-3-5-12(6-4-11)18(19)20/h2-8H,1H3,(H2,16,17,21). The van der Waals surface area contributed by atoms with Crippen LogP contribution in [0.2, 0.25) is 0 Å². The molecule has 21 heavy (non-hydrogen) atoms. The van der Waals surface area contributed by atoms with E-state index in [0.29, 0.717) is 16.5 Å². The van der Waals surface area contributed by atoms with Crippen LogP contribution in [0.1, 0.15) is 5.56 Å². The summed E-state index contributed by atoms with van der Waals surface area (Å²) in [4.78, 5) is 10.1. The number of non-ortho nitro benzene ring substituents is 1. The number of nitrogens with one attached hydrogen (secondary N) is 2. The third-order valence-corrected chi connectivity index (χ3v) is 2.98. The van der Waals surface area contributed by atoms with Gasteiger partial charge in [0.05, 0.1) is 4.92 Å². The monoisotopic (exact) mass is 305 g/mol. The second kappa shape index (κ2) is 6.27. The van der Waals surface area contributed by atoms with Crippen molar-refractivity contribution < 1.29 is 9.31 Å². The molecule has 0 bridgehead atoms. The van der Waals surface area contributed by atoms with Crippen molar-refractivity contribution >= 4 is 34.4 Å². The molecule has 5 nitrogen and oxygen atoms in total. The highest BCUT2D eigenvalue weighted by Gasteiger charge is 2.06. The Morgan fingerprint density at radius 2 is 1.86 bits per heavy atom. The Morgan fingerprint density at radius 3 is 2.43 bits per heavy atom. The summed E-state index contributed by atoms with van der Waals surface area (Å²) in [5.74, 6) is -0.313. The molecule has 2 aromatic carbocycles. The molecule has 0 saturated carbocycles. The predicted octanol–water partition coefficient (Wildman–Crippen LogP) is 3.85. The molecule has 0 atom stereocenters. The van der Waals surface area contributed by atoms with E-state index in [9.17, 15) is 14.5 Å². The molecule has 0 fully saturated rings. The number of thiocarbonyl (C=S) groups is 1. The third-order valence-electron chi connectivity index (χ3n) is 2.77. The summed E-state index contributed by atoms with van der Waals surface area (Å²) < 4.78 is 13.0. The topological polar surface area (TPSA) is 67.2 Å². The lowest BCUT2D eigenvalue weighted by Gasteiger charge is -2.12. The lowest BCUT2D eigenvalue weighted by molar-refractivity contribution is -0.384. The van der Waals surface area contributed by atoms with E-state index in [1.807, 2.05) is 0 Å². The van der Waals surface area contributed by atoms with Gasteiger partial charge in [0.2, 0.25) is 0 Å². The third kappa shape index (κ3) is 3.96. The van der Waals surface area contributed by atoms with Crippen LogP contribution in [-0.4, -0.2) is 10.0 Å². The number of rotatable bonds is 3. The van der Waals surface area contributed by atoms with Crippen LogP contribution in [0, 0.1) is 22.9 Å². The van der Waals surface area contributed by atoms with Crippen LogP contribution in [0.3, 0.4) is 0 Å². The molecule has 0 saturated heterocycles. The van der Waals surface area contributed by atoms with Gasteiger partial charge >= 0.3 is 0 Å². The zero-order valence-electron chi connectivity index (χ0n) is 11.1. The summed E-state index contributed by atoms with van der Waals surface area (Å²) in [5, 5.41) is 16.7. The van der Waals surface area contributed by atoms with Gasteiger partial charge in [0.15, 0.2) is 5.11 Å². The number of nitro benzene ring substituents is 1. The Labute approximate surface area is 125 Å². The Morgan fingerprint density at radius 1 is 1.19 bits per heavy atom. The van der Waals surface area contributed by atoms with Crippen molar-refractivity contribution in [2.24, 2.45) is 0 Å². The average molecular weight is 305 g/mol. The largest absolute Gasteiger partial charge is 0.332 e. The van der Waals surface area contributed by atoms with E-state index in [4.69, 9.17) is 12.2 Å². The lowest BCUT2D eigenvalue weighted by Crippen LogP contribution is -2.19. The van der Waals surface area contributed by atoms with Gasteiger partial charge in [0.25, 0.3) is 5.69 Å². The van der Waals surface area contributed by atoms with Gasteiger partial charge in [-0.2, -0.15) is 0 Å². The van der Waals surface area contributed by atoms with E-state index in [0.717, 1.165) is 5.56 Å². The molecule has 2 rings (SSSR count). The highest BCUT2D eigenvalue weighted by molar-refractivity contribution is 7.80. The first-order valence-corrected chi connectivity index (χ1v) is 6.45. The first kappa shape index (κ1) is 14.9. The zero-order valence-corrected chi connectivity index (χ0v) is 11.9. The fourth-order valence-corrected chi connectivity index (χ4v) is 1.95. The van der Waals surface area contributed by atoms with Crippen molar-refractivity contribution in [1.29, 1.82) is 0 Å². The van der Waals surface area contributed by atoms with Crippen molar-refractivity contribution in [3.05, 3.63) is 64.0 Å². The maximum Gasteiger partial charge on any atom is 0.269 e. The predicted molar refractivity (Wildman–Crippen MR) is 84.1 cm³/mol. The van der Waals surface area contributed by atoms with Gasteiger partial charge in [0, 0.05) is 23.5 Å². The van der Waals surface area contributed by atoms with Crippen molar-refractivity contribution in [3.63, 3.8) is 0 Å². The van der Waals surface area contributed by atoms with Crippen LogP contribution in [0.5, 0.6) is 0 Å². The van der Waals surface area contributed by atoms with Crippen LogP contribution >= 0.6 is 12.2 Å². The molecule has 0 aliphatic rings. The van der Waals surface area contributed by atoms with E-state index < -0.39 is 4.92 Å². The average Bonchev–Trinajstić information content (AvgIpc) is 2.42. The van der Waals surface area contributed by atoms with Crippen LogP contribution in [-0.2, 0) is 0 Å². The molecule has 0 radical (unpaired) electrons. The molecule has 0 unspecified atom stereocenters. The lowest BCUT2D eigenvalue weighted by atomic mass is 10.2. The number of halogens is 1. The molecule has 0 amide bonds. The second-order valence-corrected chi connectivity index (χ2v) is 4.75. The number of hydrogen-bond donors (Lipinski definition) is 2. The minimum absolute atomic E-state index is 0.00815. The van der Waals surface area contributed by atoms with Gasteiger partial charge < -0.3 is 10.6 Å². The number of nitro groups is 1. The highest BCUT2D eigenvalue weighted by Crippen LogP contribution is 2.18. The van der Waals surface area contributed by atoms with Crippen molar-refractivity contribution in [2.75, 3.05) is 10.6 Å². The second-order valence-electron chi connectivity index (χ2n) is 4.34. The van der Waals surface area contributed by atoms with Crippen LogP contribution in [0.4, 0.5) is 21.5 Å². The van der Waals surface area contributed by atoms with Gasteiger partial charge in [-0.1, -0.05) is 0 Å². The van der Waals surface area contributed by atoms with Crippen LogP contribution < -0.4 is 10.6 Å². The van der Waals surface area contributed by atoms with Crippen LogP contribution in [0.25, 0.3) is 0 Å². The minimum Gasteiger partial charge on any atom is -0.332 e. The van der Waals surface area contributed by atoms with E-state index in [1.165, 1.54) is 24.3 Å². The Kier molecular flexibility index (Phi) is 4.44. The van der Waals surface area contributed by atoms with Gasteiger partial charge in [-0.15, -0.1) is 0 Å². The Balaban J connectivity index is 2.02. The summed E-state index contributed by atoms with van der Waals surface area (Å²) >= 11 is 5.15. The molecule has 0 aliphatic heterocycles. The fourth-order valence-electron chi connectivity index (χ4n) is 1.72. The molecule has 2 N–H and O–H groups in total. The first-order valence-electron chi connectivity index (χ1n) is 6.04. The number of nitrogens with zero attached hydrogens (tertiary/aromatic N) is 1. The van der Waals surface area contributed by atoms with Gasteiger partial charge in [0.1, 0.15) is 5.82 Å². The van der Waals surface area contributed by atoms with Gasteiger partial charge in [-0.05, 0) is 55.0 Å². The van der Waals surface area contributed by atoms with Gasteiger partial charge in [-0.25, -0.2) is 4.39 Å². The number of anilines is 2. The van der Waals surface area contributed by atoms with E-state index in [-0.39, 0.29) is 11.5 Å². The van der Waals surface area contributed by atoms with Crippen molar-refractivity contribution in [1.82, 2.24) is 0 Å². The smallest absolute Gasteiger partial charge is 0.269 e. The summed E-state index contributed by atoms with van der Waals surface area (Å²) in [6.45, 7) is 1.76. The normalized spacial score (nSPS) is 10.0. The summed E-state index contributed by atoms with van der Waals surface area (Å²) in [6, 6.07) is 10.2. The molecule has 0 heterocycles. The Hall–Kier alpha value is -2.54. The summed E-state index contributed by atoms with van der Waals surface area (Å²) in [6.07, 6.45) is 0. The number of hydrogen-bond acceptors (Lipinski definition) is 3. The molecule has 0 spiro atoms. The summed E-state index contributed by atoms with van der Waals surface area (Å²) in [5.41, 5.74) is 2.05. The molecule has 2 aromatic rings. The van der Waals surface area contributed by atoms with E-state index in [2.05, 4.69) is 10.6 Å². The van der Waals surface area contributed by atoms with E-state index in [1.54, 1.807) is 25.1 Å².